The van der Waals surface area contributed by atoms with E-state index in [2.05, 4.69) is 12.2 Å². The monoisotopic (exact) mass is 257 g/mol. The minimum atomic E-state index is -0.112. The fourth-order valence-electron chi connectivity index (χ4n) is 2.10. The molecule has 18 heavy (non-hydrogen) atoms. The molecular weight excluding hydrogens is 222 g/mol. The van der Waals surface area contributed by atoms with Crippen LogP contribution in [0.25, 0.3) is 0 Å². The van der Waals surface area contributed by atoms with E-state index in [0.717, 1.165) is 6.54 Å². The Hall–Kier alpha value is -0.0800. The van der Waals surface area contributed by atoms with Gasteiger partial charge in [-0.2, -0.15) is 0 Å². The van der Waals surface area contributed by atoms with Crippen LogP contribution in [0.15, 0.2) is 0 Å². The molecule has 0 atom stereocenters. The van der Waals surface area contributed by atoms with Gasteiger partial charge in [-0.25, -0.2) is 0 Å². The van der Waals surface area contributed by atoms with E-state index in [1.165, 1.54) is 64.2 Å². The van der Waals surface area contributed by atoms with Crippen molar-refractivity contribution in [2.24, 2.45) is 0 Å². The largest absolute Gasteiger partial charge is 0.394 e. The van der Waals surface area contributed by atoms with Gasteiger partial charge in [0.1, 0.15) is 0 Å². The van der Waals surface area contributed by atoms with Gasteiger partial charge in [0.2, 0.25) is 0 Å². The highest BCUT2D eigenvalue weighted by Gasteiger charge is 2.13. The topological polar surface area (TPSA) is 32.3 Å². The molecule has 2 heteroatoms. The molecule has 0 saturated heterocycles. The first-order valence-electron chi connectivity index (χ1n) is 7.98. The van der Waals surface area contributed by atoms with E-state index >= 15 is 0 Å². The molecule has 0 aromatic heterocycles. The Kier molecular flexibility index (Phi) is 11.9. The normalized spacial score (nSPS) is 12.0. The molecule has 0 aliphatic carbocycles. The van der Waals surface area contributed by atoms with E-state index in [0.29, 0.717) is 0 Å². The van der Waals surface area contributed by atoms with Crippen molar-refractivity contribution in [3.63, 3.8) is 0 Å². The lowest BCUT2D eigenvalue weighted by Crippen LogP contribution is -2.43. The summed E-state index contributed by atoms with van der Waals surface area (Å²) >= 11 is 0. The smallest absolute Gasteiger partial charge is 0.0607 e. The molecule has 0 fully saturated rings. The SMILES string of the molecule is CCCCCCCCCCCCNC(C)(C)CO. The second-order valence-corrected chi connectivity index (χ2v) is 6.15. The van der Waals surface area contributed by atoms with Crippen LogP contribution in [0.3, 0.4) is 0 Å². The van der Waals surface area contributed by atoms with E-state index in [-0.39, 0.29) is 12.1 Å². The van der Waals surface area contributed by atoms with Crippen molar-refractivity contribution >= 4 is 0 Å². The summed E-state index contributed by atoms with van der Waals surface area (Å²) < 4.78 is 0. The number of aliphatic hydroxyl groups excluding tert-OH is 1. The molecule has 110 valence electrons. The maximum absolute atomic E-state index is 9.09. The van der Waals surface area contributed by atoms with Gasteiger partial charge in [0.05, 0.1) is 6.61 Å². The molecule has 0 amide bonds. The summed E-state index contributed by atoms with van der Waals surface area (Å²) in [7, 11) is 0. The lowest BCUT2D eigenvalue weighted by molar-refractivity contribution is 0.188. The van der Waals surface area contributed by atoms with Crippen molar-refractivity contribution in [2.75, 3.05) is 13.2 Å². The third-order valence-electron chi connectivity index (χ3n) is 3.53. The van der Waals surface area contributed by atoms with Gasteiger partial charge in [-0.05, 0) is 26.8 Å². The second-order valence-electron chi connectivity index (χ2n) is 6.15. The summed E-state index contributed by atoms with van der Waals surface area (Å²) in [6, 6.07) is 0. The lowest BCUT2D eigenvalue weighted by atomic mass is 10.1. The summed E-state index contributed by atoms with van der Waals surface area (Å²) in [5, 5.41) is 12.5. The van der Waals surface area contributed by atoms with Gasteiger partial charge in [-0.3, -0.25) is 0 Å². The number of nitrogens with one attached hydrogen (secondary N) is 1. The van der Waals surface area contributed by atoms with Crippen LogP contribution in [-0.2, 0) is 0 Å². The van der Waals surface area contributed by atoms with Gasteiger partial charge in [0.15, 0.2) is 0 Å². The first-order chi connectivity index (χ1) is 8.62. The number of unbranched alkanes of at least 4 members (excludes halogenated alkanes) is 9. The summed E-state index contributed by atoms with van der Waals surface area (Å²) in [6.07, 6.45) is 13.8. The van der Waals surface area contributed by atoms with Gasteiger partial charge in [-0.1, -0.05) is 64.7 Å². The summed E-state index contributed by atoms with van der Waals surface area (Å²) in [5.74, 6) is 0. The maximum Gasteiger partial charge on any atom is 0.0607 e. The van der Waals surface area contributed by atoms with Crippen LogP contribution in [0, 0.1) is 0 Å². The Morgan fingerprint density at radius 1 is 0.778 bits per heavy atom. The van der Waals surface area contributed by atoms with Crippen molar-refractivity contribution in [3.8, 4) is 0 Å². The standard InChI is InChI=1S/C16H35NO/c1-4-5-6-7-8-9-10-11-12-13-14-17-16(2,3)15-18/h17-18H,4-15H2,1-3H3. The summed E-state index contributed by atoms with van der Waals surface area (Å²) in [4.78, 5) is 0. The van der Waals surface area contributed by atoms with E-state index in [1.54, 1.807) is 0 Å². The van der Waals surface area contributed by atoms with Crippen LogP contribution >= 0.6 is 0 Å². The molecule has 2 nitrogen and oxygen atoms in total. The minimum Gasteiger partial charge on any atom is -0.394 e. The van der Waals surface area contributed by atoms with Gasteiger partial charge in [-0.15, -0.1) is 0 Å². The first kappa shape index (κ1) is 17.9. The highest BCUT2D eigenvalue weighted by atomic mass is 16.3. The zero-order chi connectivity index (χ0) is 13.7. The highest BCUT2D eigenvalue weighted by Crippen LogP contribution is 2.10. The van der Waals surface area contributed by atoms with E-state index in [1.807, 2.05) is 13.8 Å². The number of hydrogen-bond acceptors (Lipinski definition) is 2. The molecule has 0 rings (SSSR count). The quantitative estimate of drug-likeness (QED) is 0.483. The van der Waals surface area contributed by atoms with Gasteiger partial charge >= 0.3 is 0 Å². The Balaban J connectivity index is 3.08. The maximum atomic E-state index is 9.09. The molecule has 0 saturated carbocycles. The molecule has 0 aromatic carbocycles. The number of hydrogen-bond donors (Lipinski definition) is 2. The molecular formula is C16H35NO. The van der Waals surface area contributed by atoms with Gasteiger partial charge < -0.3 is 10.4 Å². The fraction of sp³-hybridized carbons (Fsp3) is 1.00. The van der Waals surface area contributed by atoms with Crippen LogP contribution in [0.4, 0.5) is 0 Å². The first-order valence-corrected chi connectivity index (χ1v) is 7.98. The molecule has 0 aliphatic heterocycles. The average Bonchev–Trinajstić information content (AvgIpc) is 2.36. The van der Waals surface area contributed by atoms with E-state index < -0.39 is 0 Å². The molecule has 0 unspecified atom stereocenters. The zero-order valence-corrected chi connectivity index (χ0v) is 12.9. The second kappa shape index (κ2) is 12.0. The van der Waals surface area contributed by atoms with E-state index in [4.69, 9.17) is 5.11 Å². The summed E-state index contributed by atoms with van der Waals surface area (Å²) in [5.41, 5.74) is -0.112. The van der Waals surface area contributed by atoms with Crippen LogP contribution in [-0.4, -0.2) is 23.8 Å². The molecule has 0 spiro atoms. The molecule has 0 bridgehead atoms. The Labute approximate surface area is 115 Å². The van der Waals surface area contributed by atoms with E-state index in [9.17, 15) is 0 Å². The third kappa shape index (κ3) is 12.4. The predicted molar refractivity (Wildman–Crippen MR) is 81.0 cm³/mol. The lowest BCUT2D eigenvalue weighted by Gasteiger charge is -2.23. The van der Waals surface area contributed by atoms with Crippen molar-refractivity contribution in [1.82, 2.24) is 5.32 Å². The van der Waals surface area contributed by atoms with Crippen molar-refractivity contribution in [2.45, 2.75) is 90.5 Å². The molecule has 2 N–H and O–H groups in total. The number of aliphatic hydroxyl groups is 1. The van der Waals surface area contributed by atoms with Crippen LogP contribution in [0.1, 0.15) is 85.0 Å². The average molecular weight is 257 g/mol. The third-order valence-corrected chi connectivity index (χ3v) is 3.53. The highest BCUT2D eigenvalue weighted by molar-refractivity contribution is 4.75. The van der Waals surface area contributed by atoms with Crippen LogP contribution in [0.5, 0.6) is 0 Å². The minimum absolute atomic E-state index is 0.112. The van der Waals surface area contributed by atoms with Crippen LogP contribution < -0.4 is 5.32 Å². The van der Waals surface area contributed by atoms with Crippen LogP contribution in [0.2, 0.25) is 0 Å². The Morgan fingerprint density at radius 2 is 1.22 bits per heavy atom. The molecule has 0 aromatic rings. The van der Waals surface area contributed by atoms with Gasteiger partial charge in [0, 0.05) is 5.54 Å². The molecule has 0 radical (unpaired) electrons. The molecule has 0 heterocycles. The summed E-state index contributed by atoms with van der Waals surface area (Å²) in [6.45, 7) is 7.60. The predicted octanol–water partition coefficient (Wildman–Crippen LogP) is 4.27. The Bertz CT molecular complexity index is 168. The number of rotatable bonds is 13. The van der Waals surface area contributed by atoms with Crippen molar-refractivity contribution < 1.29 is 5.11 Å². The van der Waals surface area contributed by atoms with Crippen molar-refractivity contribution in [3.05, 3.63) is 0 Å². The Morgan fingerprint density at radius 3 is 1.67 bits per heavy atom. The zero-order valence-electron chi connectivity index (χ0n) is 12.9. The van der Waals surface area contributed by atoms with Gasteiger partial charge in [0.25, 0.3) is 0 Å². The molecule has 0 aliphatic rings. The van der Waals surface area contributed by atoms with Crippen molar-refractivity contribution in [1.29, 1.82) is 0 Å². The fourth-order valence-corrected chi connectivity index (χ4v) is 2.10.